The molecular formula is C13H17NO2. The third-order valence-electron chi connectivity index (χ3n) is 3.03. The lowest BCUT2D eigenvalue weighted by Gasteiger charge is -2.27. The number of ether oxygens (including phenoxy) is 2. The summed E-state index contributed by atoms with van der Waals surface area (Å²) < 4.78 is 11.5. The topological polar surface area (TPSA) is 30.5 Å². The molecule has 2 fully saturated rings. The highest BCUT2D eigenvalue weighted by Crippen LogP contribution is 2.30. The monoisotopic (exact) mass is 219 g/mol. The Kier molecular flexibility index (Phi) is 2.70. The van der Waals surface area contributed by atoms with Gasteiger partial charge in [0.05, 0.1) is 6.61 Å². The predicted octanol–water partition coefficient (Wildman–Crippen LogP) is 1.83. The molecule has 1 aliphatic carbocycles. The first-order chi connectivity index (χ1) is 7.90. The van der Waals surface area contributed by atoms with Crippen molar-refractivity contribution >= 4 is 0 Å². The van der Waals surface area contributed by atoms with E-state index < -0.39 is 0 Å². The molecule has 3 nitrogen and oxygen atoms in total. The van der Waals surface area contributed by atoms with Gasteiger partial charge in [-0.1, -0.05) is 6.07 Å². The molecule has 1 aromatic rings. The van der Waals surface area contributed by atoms with E-state index in [1.165, 1.54) is 12.8 Å². The van der Waals surface area contributed by atoms with E-state index in [4.69, 9.17) is 9.47 Å². The lowest BCUT2D eigenvalue weighted by Crippen LogP contribution is -2.50. The van der Waals surface area contributed by atoms with Crippen LogP contribution in [0.15, 0.2) is 24.3 Å². The maximum atomic E-state index is 5.77. The molecular weight excluding hydrogens is 202 g/mol. The summed E-state index contributed by atoms with van der Waals surface area (Å²) in [6.45, 7) is 2.76. The van der Waals surface area contributed by atoms with E-state index in [1.54, 1.807) is 0 Å². The summed E-state index contributed by atoms with van der Waals surface area (Å²) >= 11 is 0. The summed E-state index contributed by atoms with van der Waals surface area (Å²) in [5.74, 6) is 2.64. The van der Waals surface area contributed by atoms with E-state index in [-0.39, 0.29) is 0 Å². The molecule has 0 amide bonds. The second kappa shape index (κ2) is 4.34. The van der Waals surface area contributed by atoms with Crippen LogP contribution in [0.1, 0.15) is 12.8 Å². The molecule has 2 aliphatic rings. The molecule has 0 unspecified atom stereocenters. The standard InChI is InChI=1S/C13H17NO2/c1-2-11(15-9-10-4-5-10)6-12(3-1)16-13-7-14-8-13/h1-3,6,10,13-14H,4-5,7-9H2. The van der Waals surface area contributed by atoms with E-state index >= 15 is 0 Å². The number of hydrogen-bond acceptors (Lipinski definition) is 3. The van der Waals surface area contributed by atoms with Gasteiger partial charge >= 0.3 is 0 Å². The average Bonchev–Trinajstić information content (AvgIpc) is 3.05. The first-order valence-electron chi connectivity index (χ1n) is 6.00. The first kappa shape index (κ1) is 9.97. The second-order valence-corrected chi connectivity index (χ2v) is 4.63. The van der Waals surface area contributed by atoms with E-state index in [2.05, 4.69) is 5.32 Å². The van der Waals surface area contributed by atoms with Crippen LogP contribution >= 0.6 is 0 Å². The molecule has 1 saturated carbocycles. The third kappa shape index (κ3) is 2.47. The SMILES string of the molecule is c1cc(OCC2CC2)cc(OC2CNC2)c1. The van der Waals surface area contributed by atoms with Crippen molar-refractivity contribution in [1.29, 1.82) is 0 Å². The van der Waals surface area contributed by atoms with E-state index in [0.717, 1.165) is 37.1 Å². The maximum Gasteiger partial charge on any atom is 0.123 e. The molecule has 86 valence electrons. The molecule has 3 rings (SSSR count). The highest BCUT2D eigenvalue weighted by molar-refractivity contribution is 5.33. The Hall–Kier alpha value is -1.22. The van der Waals surface area contributed by atoms with Crippen LogP contribution in [0, 0.1) is 5.92 Å². The number of nitrogens with one attached hydrogen (secondary N) is 1. The molecule has 1 aromatic carbocycles. The Morgan fingerprint density at radius 2 is 2.00 bits per heavy atom. The Balaban J connectivity index is 1.57. The first-order valence-corrected chi connectivity index (χ1v) is 6.00. The highest BCUT2D eigenvalue weighted by atomic mass is 16.5. The molecule has 1 saturated heterocycles. The van der Waals surface area contributed by atoms with Gasteiger partial charge in [0.15, 0.2) is 0 Å². The van der Waals surface area contributed by atoms with Crippen molar-refractivity contribution in [2.45, 2.75) is 18.9 Å². The minimum Gasteiger partial charge on any atom is -0.493 e. The van der Waals surface area contributed by atoms with Crippen LogP contribution in [0.25, 0.3) is 0 Å². The van der Waals surface area contributed by atoms with Gasteiger partial charge in [0.2, 0.25) is 0 Å². The van der Waals surface area contributed by atoms with Gasteiger partial charge in [-0.15, -0.1) is 0 Å². The minimum absolute atomic E-state index is 0.332. The van der Waals surface area contributed by atoms with Crippen LogP contribution in [0.3, 0.4) is 0 Å². The van der Waals surface area contributed by atoms with Crippen LogP contribution < -0.4 is 14.8 Å². The zero-order valence-electron chi connectivity index (χ0n) is 9.32. The normalized spacial score (nSPS) is 20.2. The summed E-state index contributed by atoms with van der Waals surface area (Å²) in [6.07, 6.45) is 2.98. The average molecular weight is 219 g/mol. The fourth-order valence-corrected chi connectivity index (χ4v) is 1.67. The van der Waals surface area contributed by atoms with Crippen molar-refractivity contribution in [1.82, 2.24) is 5.32 Å². The van der Waals surface area contributed by atoms with Crippen LogP contribution in [0.2, 0.25) is 0 Å². The van der Waals surface area contributed by atoms with Gasteiger partial charge in [0.25, 0.3) is 0 Å². The van der Waals surface area contributed by atoms with Gasteiger partial charge in [0.1, 0.15) is 17.6 Å². The van der Waals surface area contributed by atoms with Crippen molar-refractivity contribution < 1.29 is 9.47 Å². The van der Waals surface area contributed by atoms with Crippen molar-refractivity contribution in [3.63, 3.8) is 0 Å². The van der Waals surface area contributed by atoms with Crippen molar-refractivity contribution in [3.8, 4) is 11.5 Å². The molecule has 0 radical (unpaired) electrons. The third-order valence-corrected chi connectivity index (χ3v) is 3.03. The van der Waals surface area contributed by atoms with Crippen molar-refractivity contribution in [2.24, 2.45) is 5.92 Å². The summed E-state index contributed by atoms with van der Waals surface area (Å²) in [4.78, 5) is 0. The van der Waals surface area contributed by atoms with Crippen LogP contribution in [0.4, 0.5) is 0 Å². The van der Waals surface area contributed by atoms with E-state index in [9.17, 15) is 0 Å². The van der Waals surface area contributed by atoms with Gasteiger partial charge in [-0.05, 0) is 30.9 Å². The van der Waals surface area contributed by atoms with E-state index in [0.29, 0.717) is 6.10 Å². The Morgan fingerprint density at radius 3 is 2.69 bits per heavy atom. The lowest BCUT2D eigenvalue weighted by atomic mass is 10.2. The number of hydrogen-bond donors (Lipinski definition) is 1. The molecule has 0 bridgehead atoms. The summed E-state index contributed by atoms with van der Waals surface area (Å²) in [7, 11) is 0. The fraction of sp³-hybridized carbons (Fsp3) is 0.538. The number of rotatable bonds is 5. The smallest absolute Gasteiger partial charge is 0.123 e. The Bertz CT molecular complexity index is 359. The molecule has 3 heteroatoms. The van der Waals surface area contributed by atoms with Crippen molar-refractivity contribution in [2.75, 3.05) is 19.7 Å². The van der Waals surface area contributed by atoms with Crippen LogP contribution in [-0.2, 0) is 0 Å². The highest BCUT2D eigenvalue weighted by Gasteiger charge is 2.22. The molecule has 1 aliphatic heterocycles. The predicted molar refractivity (Wildman–Crippen MR) is 61.9 cm³/mol. The number of benzene rings is 1. The maximum absolute atomic E-state index is 5.77. The van der Waals surface area contributed by atoms with Crippen LogP contribution in [-0.4, -0.2) is 25.8 Å². The zero-order valence-corrected chi connectivity index (χ0v) is 9.32. The molecule has 0 spiro atoms. The fourth-order valence-electron chi connectivity index (χ4n) is 1.67. The Labute approximate surface area is 95.8 Å². The second-order valence-electron chi connectivity index (χ2n) is 4.63. The summed E-state index contributed by atoms with van der Waals surface area (Å²) in [6, 6.07) is 7.96. The molecule has 1 N–H and O–H groups in total. The minimum atomic E-state index is 0.332. The van der Waals surface area contributed by atoms with Gasteiger partial charge < -0.3 is 14.8 Å². The van der Waals surface area contributed by atoms with Gasteiger partial charge in [-0.2, -0.15) is 0 Å². The molecule has 0 atom stereocenters. The summed E-state index contributed by atoms with van der Waals surface area (Å²) in [5, 5.41) is 3.19. The van der Waals surface area contributed by atoms with Gasteiger partial charge in [-0.25, -0.2) is 0 Å². The summed E-state index contributed by atoms with van der Waals surface area (Å²) in [5.41, 5.74) is 0. The Morgan fingerprint density at radius 1 is 1.19 bits per heavy atom. The van der Waals surface area contributed by atoms with Gasteiger partial charge in [0, 0.05) is 19.2 Å². The largest absolute Gasteiger partial charge is 0.493 e. The molecule has 0 aromatic heterocycles. The zero-order chi connectivity index (χ0) is 10.8. The van der Waals surface area contributed by atoms with Crippen molar-refractivity contribution in [3.05, 3.63) is 24.3 Å². The van der Waals surface area contributed by atoms with E-state index in [1.807, 2.05) is 24.3 Å². The molecule has 16 heavy (non-hydrogen) atoms. The van der Waals surface area contributed by atoms with Gasteiger partial charge in [-0.3, -0.25) is 0 Å². The van der Waals surface area contributed by atoms with Crippen LogP contribution in [0.5, 0.6) is 11.5 Å². The quantitative estimate of drug-likeness (QED) is 0.819. The lowest BCUT2D eigenvalue weighted by molar-refractivity contribution is 0.141. The molecule has 1 heterocycles.